The molecule has 1 amide bonds. The topological polar surface area (TPSA) is 72.5 Å². The van der Waals surface area contributed by atoms with Crippen LogP contribution in [0, 0.1) is 17.8 Å². The summed E-state index contributed by atoms with van der Waals surface area (Å²) in [6.45, 7) is 0.0713. The van der Waals surface area contributed by atoms with Crippen molar-refractivity contribution in [2.24, 2.45) is 17.8 Å². The Hall–Kier alpha value is -1.88. The lowest BCUT2D eigenvalue weighted by Crippen LogP contribution is -2.40. The molecule has 6 heteroatoms. The number of ether oxygens (including phenoxy) is 1. The molecule has 1 aromatic rings. The van der Waals surface area contributed by atoms with E-state index >= 15 is 0 Å². The average Bonchev–Trinajstić information content (AvgIpc) is 2.59. The first-order chi connectivity index (χ1) is 12.0. The fourth-order valence-electron chi connectivity index (χ4n) is 3.78. The number of rotatable bonds is 5. The predicted molar refractivity (Wildman–Crippen MR) is 92.8 cm³/mol. The number of amides is 1. The van der Waals surface area contributed by atoms with Crippen molar-refractivity contribution in [2.45, 2.75) is 38.6 Å². The maximum Gasteiger partial charge on any atom is 0.309 e. The summed E-state index contributed by atoms with van der Waals surface area (Å²) in [5.74, 6) is -0.623. The van der Waals surface area contributed by atoms with Gasteiger partial charge in [-0.15, -0.1) is 0 Å². The van der Waals surface area contributed by atoms with Crippen LogP contribution in [-0.4, -0.2) is 24.3 Å². The summed E-state index contributed by atoms with van der Waals surface area (Å²) in [5.41, 5.74) is 0.919. The number of carbonyl (C=O) groups is 3. The predicted octanol–water partition coefficient (Wildman–Crippen LogP) is 2.89. The number of Topliss-reactive ketones (excluding diaryl/α,β-unsaturated/α-hetero) is 1. The molecule has 2 saturated carbocycles. The standard InChI is InChI=1S/C19H22ClNO4/c20-16-6-4-12(5-7-16)10-21-17(22)11-25-19(24)15-8-13-2-1-3-14(9-15)18(13)23/h4-7,13-15H,1-3,8-11H2,(H,21,22)/t13-,14+,15?. The Morgan fingerprint density at radius 3 is 2.40 bits per heavy atom. The molecule has 0 heterocycles. The van der Waals surface area contributed by atoms with Gasteiger partial charge < -0.3 is 10.1 Å². The van der Waals surface area contributed by atoms with Crippen molar-refractivity contribution in [1.82, 2.24) is 5.32 Å². The van der Waals surface area contributed by atoms with E-state index in [0.29, 0.717) is 30.2 Å². The zero-order chi connectivity index (χ0) is 17.8. The van der Waals surface area contributed by atoms with E-state index < -0.39 is 0 Å². The minimum Gasteiger partial charge on any atom is -0.455 e. The van der Waals surface area contributed by atoms with Gasteiger partial charge in [-0.25, -0.2) is 0 Å². The molecule has 0 radical (unpaired) electrons. The number of hydrogen-bond donors (Lipinski definition) is 1. The minimum atomic E-state index is -0.356. The number of halogens is 1. The summed E-state index contributed by atoms with van der Waals surface area (Å²) in [6, 6.07) is 7.16. The first-order valence-electron chi connectivity index (χ1n) is 8.74. The molecule has 25 heavy (non-hydrogen) atoms. The van der Waals surface area contributed by atoms with Crippen LogP contribution in [0.1, 0.15) is 37.7 Å². The lowest BCUT2D eigenvalue weighted by molar-refractivity contribution is -0.156. The van der Waals surface area contributed by atoms with Crippen molar-refractivity contribution in [1.29, 1.82) is 0 Å². The smallest absolute Gasteiger partial charge is 0.309 e. The fourth-order valence-corrected chi connectivity index (χ4v) is 3.91. The van der Waals surface area contributed by atoms with Crippen LogP contribution in [0.4, 0.5) is 0 Å². The van der Waals surface area contributed by atoms with E-state index in [1.54, 1.807) is 12.1 Å². The summed E-state index contributed by atoms with van der Waals surface area (Å²) in [7, 11) is 0. The fraction of sp³-hybridized carbons (Fsp3) is 0.526. The second-order valence-electron chi connectivity index (χ2n) is 6.91. The maximum atomic E-state index is 12.2. The minimum absolute atomic E-state index is 0.00350. The highest BCUT2D eigenvalue weighted by Gasteiger charge is 2.41. The van der Waals surface area contributed by atoms with Gasteiger partial charge in [0.25, 0.3) is 5.91 Å². The molecule has 0 aliphatic heterocycles. The van der Waals surface area contributed by atoms with Crippen LogP contribution >= 0.6 is 11.6 Å². The number of fused-ring (bicyclic) bond motifs is 2. The number of carbonyl (C=O) groups excluding carboxylic acids is 3. The third-order valence-electron chi connectivity index (χ3n) is 5.13. The summed E-state index contributed by atoms with van der Waals surface area (Å²) in [4.78, 5) is 36.1. The molecule has 1 N–H and O–H groups in total. The highest BCUT2D eigenvalue weighted by Crippen LogP contribution is 2.40. The van der Waals surface area contributed by atoms with Gasteiger partial charge in [0.05, 0.1) is 5.92 Å². The van der Waals surface area contributed by atoms with Crippen molar-refractivity contribution >= 4 is 29.3 Å². The molecule has 2 bridgehead atoms. The van der Waals surface area contributed by atoms with Crippen molar-refractivity contribution < 1.29 is 19.1 Å². The van der Waals surface area contributed by atoms with Gasteiger partial charge in [0.2, 0.25) is 0 Å². The van der Waals surface area contributed by atoms with Crippen LogP contribution in [0.25, 0.3) is 0 Å². The van der Waals surface area contributed by atoms with E-state index in [0.717, 1.165) is 24.8 Å². The number of ketones is 1. The molecule has 1 aromatic carbocycles. The monoisotopic (exact) mass is 363 g/mol. The molecule has 2 aliphatic carbocycles. The normalized spacial score (nSPS) is 25.3. The maximum absolute atomic E-state index is 12.2. The van der Waals surface area contributed by atoms with E-state index in [9.17, 15) is 14.4 Å². The first kappa shape index (κ1) is 17.9. The molecule has 5 nitrogen and oxygen atoms in total. The van der Waals surface area contributed by atoms with Crippen LogP contribution in [0.3, 0.4) is 0 Å². The van der Waals surface area contributed by atoms with Crippen molar-refractivity contribution in [3.8, 4) is 0 Å². The van der Waals surface area contributed by atoms with E-state index in [1.807, 2.05) is 12.1 Å². The molecule has 0 saturated heterocycles. The molecule has 134 valence electrons. The van der Waals surface area contributed by atoms with Crippen LogP contribution in [-0.2, 0) is 25.7 Å². The molecule has 0 aromatic heterocycles. The van der Waals surface area contributed by atoms with Crippen LogP contribution < -0.4 is 5.32 Å². The summed E-state index contributed by atoms with van der Waals surface area (Å²) in [5, 5.41) is 3.35. The van der Waals surface area contributed by atoms with E-state index in [2.05, 4.69) is 5.32 Å². The van der Waals surface area contributed by atoms with Crippen LogP contribution in [0.5, 0.6) is 0 Å². The van der Waals surface area contributed by atoms with E-state index in [4.69, 9.17) is 16.3 Å². The summed E-state index contributed by atoms with van der Waals surface area (Å²) in [6.07, 6.45) is 3.96. The van der Waals surface area contributed by atoms with Gasteiger partial charge in [0.15, 0.2) is 6.61 Å². The van der Waals surface area contributed by atoms with Gasteiger partial charge in [-0.05, 0) is 43.4 Å². The number of nitrogens with one attached hydrogen (secondary N) is 1. The highest BCUT2D eigenvalue weighted by molar-refractivity contribution is 6.30. The largest absolute Gasteiger partial charge is 0.455 e. The van der Waals surface area contributed by atoms with Gasteiger partial charge in [-0.1, -0.05) is 30.2 Å². The van der Waals surface area contributed by atoms with Crippen molar-refractivity contribution in [3.05, 3.63) is 34.9 Å². The summed E-state index contributed by atoms with van der Waals surface area (Å²) < 4.78 is 5.17. The van der Waals surface area contributed by atoms with Gasteiger partial charge in [0, 0.05) is 23.4 Å². The second kappa shape index (κ2) is 8.00. The van der Waals surface area contributed by atoms with Crippen molar-refractivity contribution in [3.63, 3.8) is 0 Å². The quantitative estimate of drug-likeness (QED) is 0.816. The van der Waals surface area contributed by atoms with Crippen LogP contribution in [0.2, 0.25) is 5.02 Å². The lowest BCUT2D eigenvalue weighted by Gasteiger charge is -2.36. The first-order valence-corrected chi connectivity index (χ1v) is 9.12. The van der Waals surface area contributed by atoms with Crippen molar-refractivity contribution in [2.75, 3.05) is 6.61 Å². The number of esters is 1. The molecular formula is C19H22ClNO4. The Bertz CT molecular complexity index is 642. The second-order valence-corrected chi connectivity index (χ2v) is 7.34. The third kappa shape index (κ3) is 4.60. The van der Waals surface area contributed by atoms with Crippen LogP contribution in [0.15, 0.2) is 24.3 Å². The van der Waals surface area contributed by atoms with Gasteiger partial charge >= 0.3 is 5.97 Å². The number of hydrogen-bond acceptors (Lipinski definition) is 4. The average molecular weight is 364 g/mol. The Balaban J connectivity index is 1.42. The zero-order valence-electron chi connectivity index (χ0n) is 14.0. The van der Waals surface area contributed by atoms with Gasteiger partial charge in [-0.3, -0.25) is 14.4 Å². The Morgan fingerprint density at radius 2 is 1.76 bits per heavy atom. The van der Waals surface area contributed by atoms with Gasteiger partial charge in [-0.2, -0.15) is 0 Å². The molecule has 0 spiro atoms. The molecule has 1 unspecified atom stereocenters. The third-order valence-corrected chi connectivity index (χ3v) is 5.38. The number of benzene rings is 1. The molecular weight excluding hydrogens is 342 g/mol. The van der Waals surface area contributed by atoms with E-state index in [1.165, 1.54) is 0 Å². The Kier molecular flexibility index (Phi) is 5.74. The summed E-state index contributed by atoms with van der Waals surface area (Å²) >= 11 is 5.81. The Labute approximate surface area is 152 Å². The highest BCUT2D eigenvalue weighted by atomic mass is 35.5. The SMILES string of the molecule is O=C(COC(=O)C1C[C@H]2CCC[C@@H](C1)C2=O)NCc1ccc(Cl)cc1. The molecule has 2 aliphatic rings. The van der Waals surface area contributed by atoms with E-state index in [-0.39, 0.29) is 36.2 Å². The lowest BCUT2D eigenvalue weighted by atomic mass is 9.67. The Morgan fingerprint density at radius 1 is 1.12 bits per heavy atom. The molecule has 3 rings (SSSR count). The van der Waals surface area contributed by atoms with Gasteiger partial charge in [0.1, 0.15) is 5.78 Å². The molecule has 3 atom stereocenters. The molecule has 2 fully saturated rings. The zero-order valence-corrected chi connectivity index (χ0v) is 14.8.